The largest absolute Gasteiger partial charge is 0.377 e. The average molecular weight is 247 g/mol. The van der Waals surface area contributed by atoms with Gasteiger partial charge in [-0.15, -0.1) is 0 Å². The Labute approximate surface area is 111 Å². The minimum Gasteiger partial charge on any atom is -0.377 e. The molecular formula is C16H25NO. The molecule has 1 aromatic carbocycles. The maximum atomic E-state index is 5.93. The summed E-state index contributed by atoms with van der Waals surface area (Å²) in [7, 11) is 0. The first-order valence-electron chi connectivity index (χ1n) is 7.20. The molecule has 2 unspecified atom stereocenters. The van der Waals surface area contributed by atoms with Gasteiger partial charge in [-0.3, -0.25) is 0 Å². The van der Waals surface area contributed by atoms with Gasteiger partial charge in [0.15, 0.2) is 0 Å². The van der Waals surface area contributed by atoms with E-state index in [2.05, 4.69) is 43.4 Å². The van der Waals surface area contributed by atoms with E-state index < -0.39 is 0 Å². The van der Waals surface area contributed by atoms with Crippen LogP contribution in [0, 0.1) is 6.92 Å². The first-order chi connectivity index (χ1) is 8.79. The van der Waals surface area contributed by atoms with Gasteiger partial charge in [0.25, 0.3) is 0 Å². The minimum absolute atomic E-state index is 0.388. The zero-order valence-corrected chi connectivity index (χ0v) is 11.6. The van der Waals surface area contributed by atoms with Crippen molar-refractivity contribution in [2.75, 3.05) is 13.2 Å². The molecule has 1 N–H and O–H groups in total. The van der Waals surface area contributed by atoms with E-state index in [0.29, 0.717) is 12.1 Å². The molecule has 0 aromatic heterocycles. The molecule has 0 bridgehead atoms. The molecule has 1 fully saturated rings. The van der Waals surface area contributed by atoms with Crippen LogP contribution in [0.4, 0.5) is 0 Å². The standard InChI is InChI=1S/C16H25NO/c1-3-17-15(16-9-4-5-10-18-16)12-14-8-6-7-13(2)11-14/h6-8,11,15-17H,3-5,9-10,12H2,1-2H3. The third-order valence-corrected chi connectivity index (χ3v) is 3.67. The summed E-state index contributed by atoms with van der Waals surface area (Å²) in [4.78, 5) is 0. The molecule has 2 rings (SSSR count). The third-order valence-electron chi connectivity index (χ3n) is 3.67. The Morgan fingerprint density at radius 1 is 1.39 bits per heavy atom. The molecule has 0 spiro atoms. The highest BCUT2D eigenvalue weighted by Crippen LogP contribution is 2.19. The van der Waals surface area contributed by atoms with Crippen molar-refractivity contribution in [3.63, 3.8) is 0 Å². The highest BCUT2D eigenvalue weighted by molar-refractivity contribution is 5.23. The highest BCUT2D eigenvalue weighted by atomic mass is 16.5. The smallest absolute Gasteiger partial charge is 0.0731 e. The first-order valence-corrected chi connectivity index (χ1v) is 7.20. The predicted molar refractivity (Wildman–Crippen MR) is 75.9 cm³/mol. The number of rotatable bonds is 5. The Morgan fingerprint density at radius 2 is 2.28 bits per heavy atom. The lowest BCUT2D eigenvalue weighted by Gasteiger charge is -2.31. The molecular weight excluding hydrogens is 222 g/mol. The number of ether oxygens (including phenoxy) is 1. The molecule has 0 amide bonds. The van der Waals surface area contributed by atoms with Gasteiger partial charge in [-0.05, 0) is 44.7 Å². The molecule has 0 saturated carbocycles. The number of aryl methyl sites for hydroxylation is 1. The summed E-state index contributed by atoms with van der Waals surface area (Å²) in [6.07, 6.45) is 5.18. The van der Waals surface area contributed by atoms with Crippen molar-refractivity contribution < 1.29 is 4.74 Å². The van der Waals surface area contributed by atoms with Crippen LogP contribution < -0.4 is 5.32 Å². The molecule has 1 aromatic rings. The van der Waals surface area contributed by atoms with E-state index in [4.69, 9.17) is 4.74 Å². The van der Waals surface area contributed by atoms with Gasteiger partial charge >= 0.3 is 0 Å². The second kappa shape index (κ2) is 6.91. The van der Waals surface area contributed by atoms with Crippen molar-refractivity contribution >= 4 is 0 Å². The topological polar surface area (TPSA) is 21.3 Å². The second-order valence-corrected chi connectivity index (χ2v) is 5.26. The van der Waals surface area contributed by atoms with E-state index in [1.54, 1.807) is 0 Å². The van der Waals surface area contributed by atoms with Crippen LogP contribution in [-0.2, 0) is 11.2 Å². The Kier molecular flexibility index (Phi) is 5.21. The van der Waals surface area contributed by atoms with Crippen LogP contribution in [0.1, 0.15) is 37.3 Å². The van der Waals surface area contributed by atoms with Gasteiger partial charge in [-0.25, -0.2) is 0 Å². The number of hydrogen-bond acceptors (Lipinski definition) is 2. The zero-order chi connectivity index (χ0) is 12.8. The van der Waals surface area contributed by atoms with Gasteiger partial charge in [-0.2, -0.15) is 0 Å². The van der Waals surface area contributed by atoms with E-state index in [1.807, 2.05) is 0 Å². The van der Waals surface area contributed by atoms with Gasteiger partial charge in [0, 0.05) is 12.6 Å². The van der Waals surface area contributed by atoms with Crippen molar-refractivity contribution in [3.05, 3.63) is 35.4 Å². The van der Waals surface area contributed by atoms with Crippen molar-refractivity contribution in [1.82, 2.24) is 5.32 Å². The van der Waals surface area contributed by atoms with Crippen LogP contribution >= 0.6 is 0 Å². The summed E-state index contributed by atoms with van der Waals surface area (Å²) in [6.45, 7) is 6.27. The van der Waals surface area contributed by atoms with Crippen molar-refractivity contribution in [1.29, 1.82) is 0 Å². The molecule has 1 saturated heterocycles. The minimum atomic E-state index is 0.388. The van der Waals surface area contributed by atoms with Crippen LogP contribution in [-0.4, -0.2) is 25.3 Å². The number of hydrogen-bond donors (Lipinski definition) is 1. The zero-order valence-electron chi connectivity index (χ0n) is 11.6. The SMILES string of the molecule is CCNC(Cc1cccc(C)c1)C1CCCCO1. The van der Waals surface area contributed by atoms with Gasteiger partial charge in [0.05, 0.1) is 6.10 Å². The Bertz CT molecular complexity index is 358. The van der Waals surface area contributed by atoms with E-state index in [9.17, 15) is 0 Å². The lowest BCUT2D eigenvalue weighted by molar-refractivity contribution is -0.00709. The fraction of sp³-hybridized carbons (Fsp3) is 0.625. The number of nitrogens with one attached hydrogen (secondary N) is 1. The molecule has 2 nitrogen and oxygen atoms in total. The fourth-order valence-electron chi connectivity index (χ4n) is 2.77. The molecule has 1 aliphatic heterocycles. The van der Waals surface area contributed by atoms with Crippen LogP contribution in [0.5, 0.6) is 0 Å². The summed E-state index contributed by atoms with van der Waals surface area (Å²) in [6, 6.07) is 9.27. The van der Waals surface area contributed by atoms with Crippen molar-refractivity contribution in [2.45, 2.75) is 51.7 Å². The van der Waals surface area contributed by atoms with Crippen molar-refractivity contribution in [2.24, 2.45) is 0 Å². The summed E-state index contributed by atoms with van der Waals surface area (Å²) in [5.74, 6) is 0. The third kappa shape index (κ3) is 3.82. The quantitative estimate of drug-likeness (QED) is 0.863. The second-order valence-electron chi connectivity index (χ2n) is 5.26. The van der Waals surface area contributed by atoms with Crippen LogP contribution in [0.25, 0.3) is 0 Å². The van der Waals surface area contributed by atoms with E-state index in [1.165, 1.54) is 30.4 Å². The molecule has 1 aliphatic rings. The Hall–Kier alpha value is -0.860. The molecule has 2 atom stereocenters. The molecule has 1 heterocycles. The number of likely N-dealkylation sites (N-methyl/N-ethyl adjacent to an activating group) is 1. The summed E-state index contributed by atoms with van der Waals surface area (Å²) in [5, 5.41) is 3.60. The molecule has 2 heteroatoms. The van der Waals surface area contributed by atoms with Gasteiger partial charge in [-0.1, -0.05) is 36.8 Å². The van der Waals surface area contributed by atoms with Crippen LogP contribution in [0.15, 0.2) is 24.3 Å². The molecule has 0 radical (unpaired) electrons. The molecule has 18 heavy (non-hydrogen) atoms. The highest BCUT2D eigenvalue weighted by Gasteiger charge is 2.23. The number of benzene rings is 1. The Morgan fingerprint density at radius 3 is 2.94 bits per heavy atom. The predicted octanol–water partition coefficient (Wildman–Crippen LogP) is 3.08. The van der Waals surface area contributed by atoms with Crippen LogP contribution in [0.3, 0.4) is 0 Å². The maximum Gasteiger partial charge on any atom is 0.0731 e. The summed E-state index contributed by atoms with van der Waals surface area (Å²) >= 11 is 0. The van der Waals surface area contributed by atoms with Gasteiger partial charge in [0.2, 0.25) is 0 Å². The van der Waals surface area contributed by atoms with Gasteiger partial charge in [0.1, 0.15) is 0 Å². The monoisotopic (exact) mass is 247 g/mol. The average Bonchev–Trinajstić information content (AvgIpc) is 2.39. The van der Waals surface area contributed by atoms with Crippen molar-refractivity contribution in [3.8, 4) is 0 Å². The summed E-state index contributed by atoms with van der Waals surface area (Å²) in [5.41, 5.74) is 2.75. The van der Waals surface area contributed by atoms with E-state index in [-0.39, 0.29) is 0 Å². The lowest BCUT2D eigenvalue weighted by Crippen LogP contribution is -2.44. The lowest BCUT2D eigenvalue weighted by atomic mass is 9.95. The summed E-state index contributed by atoms with van der Waals surface area (Å²) < 4.78 is 5.93. The van der Waals surface area contributed by atoms with E-state index >= 15 is 0 Å². The van der Waals surface area contributed by atoms with E-state index in [0.717, 1.165) is 19.6 Å². The first kappa shape index (κ1) is 13.6. The fourth-order valence-corrected chi connectivity index (χ4v) is 2.77. The Balaban J connectivity index is 2.00. The molecule has 100 valence electrons. The van der Waals surface area contributed by atoms with Crippen LogP contribution in [0.2, 0.25) is 0 Å². The normalized spacial score (nSPS) is 21.8. The molecule has 0 aliphatic carbocycles. The van der Waals surface area contributed by atoms with Gasteiger partial charge < -0.3 is 10.1 Å². The maximum absolute atomic E-state index is 5.93.